The Morgan fingerprint density at radius 2 is 2.24 bits per heavy atom. The molecule has 0 spiro atoms. The maximum Gasteiger partial charge on any atom is 0.0343 e. The van der Waals surface area contributed by atoms with Gasteiger partial charge in [-0.2, -0.15) is 0 Å². The summed E-state index contributed by atoms with van der Waals surface area (Å²) in [6.07, 6.45) is 2.51. The summed E-state index contributed by atoms with van der Waals surface area (Å²) in [6, 6.07) is 4.93. The molecular formula is C14H24N2S. The number of nitrogens with zero attached hydrogens (tertiary/aromatic N) is 1. The summed E-state index contributed by atoms with van der Waals surface area (Å²) in [5, 5.41) is 2.16. The lowest BCUT2D eigenvalue weighted by molar-refractivity contribution is -0.0383. The van der Waals surface area contributed by atoms with E-state index in [1.54, 1.807) is 0 Å². The van der Waals surface area contributed by atoms with Crippen LogP contribution in [0.15, 0.2) is 17.5 Å². The fraction of sp³-hybridized carbons (Fsp3) is 0.714. The summed E-state index contributed by atoms with van der Waals surface area (Å²) in [6.45, 7) is 8.75. The highest BCUT2D eigenvalue weighted by atomic mass is 32.1. The van der Waals surface area contributed by atoms with Crippen molar-refractivity contribution in [1.29, 1.82) is 0 Å². The third-order valence-corrected chi connectivity index (χ3v) is 4.84. The number of nitrogens with two attached hydrogens (primary N) is 1. The van der Waals surface area contributed by atoms with Crippen molar-refractivity contribution in [2.75, 3.05) is 6.54 Å². The Hall–Kier alpha value is -0.380. The average Bonchev–Trinajstić information content (AvgIpc) is 2.74. The molecule has 0 radical (unpaired) electrons. The Balaban J connectivity index is 2.11. The van der Waals surface area contributed by atoms with E-state index in [-0.39, 0.29) is 5.54 Å². The fourth-order valence-electron chi connectivity index (χ4n) is 3.22. The Labute approximate surface area is 109 Å². The molecule has 1 fully saturated rings. The lowest BCUT2D eigenvalue weighted by Gasteiger charge is -2.55. The van der Waals surface area contributed by atoms with Crippen LogP contribution in [0.25, 0.3) is 0 Å². The molecular weight excluding hydrogens is 228 g/mol. The molecule has 0 atom stereocenters. The standard InChI is InChI=1S/C14H24N2S/c1-11(2)16(9-13-5-4-6-17-13)14(10-15)7-12(3)8-14/h4-6,11-12H,7-10,15H2,1-3H3. The van der Waals surface area contributed by atoms with Crippen molar-refractivity contribution < 1.29 is 0 Å². The van der Waals surface area contributed by atoms with Crippen LogP contribution >= 0.6 is 11.3 Å². The van der Waals surface area contributed by atoms with Gasteiger partial charge in [0, 0.05) is 29.5 Å². The van der Waals surface area contributed by atoms with Crippen LogP contribution in [0.1, 0.15) is 38.5 Å². The van der Waals surface area contributed by atoms with Crippen LogP contribution in [0.2, 0.25) is 0 Å². The molecule has 0 saturated heterocycles. The maximum atomic E-state index is 6.06. The summed E-state index contributed by atoms with van der Waals surface area (Å²) >= 11 is 1.85. The molecule has 1 aliphatic rings. The molecule has 0 unspecified atom stereocenters. The highest BCUT2D eigenvalue weighted by Gasteiger charge is 2.46. The van der Waals surface area contributed by atoms with Gasteiger partial charge in [0.05, 0.1) is 0 Å². The molecule has 1 aromatic rings. The zero-order valence-electron chi connectivity index (χ0n) is 11.1. The van der Waals surface area contributed by atoms with Gasteiger partial charge in [0.1, 0.15) is 0 Å². The summed E-state index contributed by atoms with van der Waals surface area (Å²) in [5.41, 5.74) is 6.32. The normalized spacial score (nSPS) is 28.7. The smallest absolute Gasteiger partial charge is 0.0343 e. The average molecular weight is 252 g/mol. The molecule has 1 saturated carbocycles. The van der Waals surface area contributed by atoms with Gasteiger partial charge >= 0.3 is 0 Å². The van der Waals surface area contributed by atoms with Crippen molar-refractivity contribution >= 4 is 11.3 Å². The van der Waals surface area contributed by atoms with Crippen LogP contribution < -0.4 is 5.73 Å². The van der Waals surface area contributed by atoms with E-state index in [9.17, 15) is 0 Å². The van der Waals surface area contributed by atoms with Crippen molar-refractivity contribution in [2.45, 2.75) is 51.7 Å². The van der Waals surface area contributed by atoms with Gasteiger partial charge in [-0.1, -0.05) is 13.0 Å². The van der Waals surface area contributed by atoms with E-state index in [2.05, 4.69) is 43.2 Å². The Bertz CT molecular complexity index is 339. The van der Waals surface area contributed by atoms with Crippen LogP contribution in [0.5, 0.6) is 0 Å². The van der Waals surface area contributed by atoms with E-state index < -0.39 is 0 Å². The molecule has 1 aliphatic carbocycles. The number of thiophene rings is 1. The van der Waals surface area contributed by atoms with Crippen molar-refractivity contribution in [3.05, 3.63) is 22.4 Å². The van der Waals surface area contributed by atoms with Crippen LogP contribution in [-0.2, 0) is 6.54 Å². The second-order valence-electron chi connectivity index (χ2n) is 5.74. The van der Waals surface area contributed by atoms with Crippen molar-refractivity contribution in [2.24, 2.45) is 11.7 Å². The van der Waals surface area contributed by atoms with Crippen LogP contribution in [0.3, 0.4) is 0 Å². The zero-order chi connectivity index (χ0) is 12.5. The van der Waals surface area contributed by atoms with Gasteiger partial charge in [-0.05, 0) is 44.1 Å². The Kier molecular flexibility index (Phi) is 3.91. The van der Waals surface area contributed by atoms with E-state index in [0.29, 0.717) is 6.04 Å². The minimum absolute atomic E-state index is 0.261. The van der Waals surface area contributed by atoms with Gasteiger partial charge in [-0.25, -0.2) is 0 Å². The van der Waals surface area contributed by atoms with Gasteiger partial charge < -0.3 is 5.73 Å². The minimum Gasteiger partial charge on any atom is -0.329 e. The second-order valence-corrected chi connectivity index (χ2v) is 6.78. The molecule has 1 heterocycles. The quantitative estimate of drug-likeness (QED) is 0.872. The monoisotopic (exact) mass is 252 g/mol. The topological polar surface area (TPSA) is 29.3 Å². The van der Waals surface area contributed by atoms with E-state index in [1.165, 1.54) is 17.7 Å². The minimum atomic E-state index is 0.261. The van der Waals surface area contributed by atoms with Gasteiger partial charge in [-0.3, -0.25) is 4.90 Å². The first kappa shape index (κ1) is 13.1. The number of rotatable bonds is 5. The third kappa shape index (κ3) is 2.56. The molecule has 0 amide bonds. The van der Waals surface area contributed by atoms with Crippen molar-refractivity contribution in [1.82, 2.24) is 4.90 Å². The molecule has 0 aromatic carbocycles. The van der Waals surface area contributed by atoms with E-state index in [0.717, 1.165) is 19.0 Å². The van der Waals surface area contributed by atoms with Crippen LogP contribution in [0, 0.1) is 5.92 Å². The van der Waals surface area contributed by atoms with Crippen LogP contribution in [-0.4, -0.2) is 23.0 Å². The van der Waals surface area contributed by atoms with E-state index in [4.69, 9.17) is 5.73 Å². The van der Waals surface area contributed by atoms with Gasteiger partial charge in [-0.15, -0.1) is 11.3 Å². The first-order valence-corrected chi connectivity index (χ1v) is 7.44. The first-order valence-electron chi connectivity index (χ1n) is 6.56. The SMILES string of the molecule is CC1CC(CN)(N(Cc2cccs2)C(C)C)C1. The fourth-order valence-corrected chi connectivity index (χ4v) is 3.93. The van der Waals surface area contributed by atoms with E-state index in [1.807, 2.05) is 11.3 Å². The second kappa shape index (κ2) is 5.09. The van der Waals surface area contributed by atoms with Gasteiger partial charge in [0.15, 0.2) is 0 Å². The molecule has 0 bridgehead atoms. The first-order chi connectivity index (χ1) is 8.07. The summed E-state index contributed by atoms with van der Waals surface area (Å²) in [7, 11) is 0. The third-order valence-electron chi connectivity index (χ3n) is 3.98. The zero-order valence-corrected chi connectivity index (χ0v) is 12.0. The molecule has 17 heavy (non-hydrogen) atoms. The summed E-state index contributed by atoms with van der Waals surface area (Å²) in [5.74, 6) is 0.836. The number of hydrogen-bond donors (Lipinski definition) is 1. The lowest BCUT2D eigenvalue weighted by Crippen LogP contribution is -2.62. The maximum absolute atomic E-state index is 6.06. The highest BCUT2D eigenvalue weighted by Crippen LogP contribution is 2.43. The summed E-state index contributed by atoms with van der Waals surface area (Å²) in [4.78, 5) is 4.06. The largest absolute Gasteiger partial charge is 0.329 e. The van der Waals surface area contributed by atoms with E-state index >= 15 is 0 Å². The predicted octanol–water partition coefficient (Wildman–Crippen LogP) is 3.09. The lowest BCUT2D eigenvalue weighted by atomic mass is 9.67. The van der Waals surface area contributed by atoms with Gasteiger partial charge in [0.2, 0.25) is 0 Å². The molecule has 2 nitrogen and oxygen atoms in total. The Morgan fingerprint density at radius 3 is 2.65 bits per heavy atom. The molecule has 3 heteroatoms. The molecule has 1 aromatic heterocycles. The Morgan fingerprint density at radius 1 is 1.53 bits per heavy atom. The van der Waals surface area contributed by atoms with Gasteiger partial charge in [0.25, 0.3) is 0 Å². The predicted molar refractivity (Wildman–Crippen MR) is 75.2 cm³/mol. The molecule has 2 N–H and O–H groups in total. The summed E-state index contributed by atoms with van der Waals surface area (Å²) < 4.78 is 0. The van der Waals surface area contributed by atoms with Crippen LogP contribution in [0.4, 0.5) is 0 Å². The van der Waals surface area contributed by atoms with Crippen molar-refractivity contribution in [3.8, 4) is 0 Å². The molecule has 2 rings (SSSR count). The highest BCUT2D eigenvalue weighted by molar-refractivity contribution is 7.09. The molecule has 0 aliphatic heterocycles. The number of hydrogen-bond acceptors (Lipinski definition) is 3. The van der Waals surface area contributed by atoms with Crippen molar-refractivity contribution in [3.63, 3.8) is 0 Å². The molecule has 96 valence electrons.